The van der Waals surface area contributed by atoms with Crippen molar-refractivity contribution in [2.24, 2.45) is 5.84 Å². The van der Waals surface area contributed by atoms with Crippen molar-refractivity contribution in [2.75, 3.05) is 5.75 Å². The van der Waals surface area contributed by atoms with Crippen LogP contribution in [-0.4, -0.2) is 11.8 Å². The van der Waals surface area contributed by atoms with Crippen molar-refractivity contribution in [3.63, 3.8) is 0 Å². The molecule has 3 heteroatoms. The number of nitrogens with two attached hydrogens (primary N) is 1. The number of aryl methyl sites for hydroxylation is 2. The highest BCUT2D eigenvalue weighted by Crippen LogP contribution is 2.23. The summed E-state index contributed by atoms with van der Waals surface area (Å²) < 4.78 is 0. The van der Waals surface area contributed by atoms with Gasteiger partial charge in [-0.3, -0.25) is 11.3 Å². The molecule has 2 rings (SSSR count). The van der Waals surface area contributed by atoms with E-state index in [9.17, 15) is 0 Å². The average Bonchev–Trinajstić information content (AvgIpc) is 2.53. The van der Waals surface area contributed by atoms with Gasteiger partial charge in [-0.05, 0) is 42.5 Å². The standard InChI is InChI=1S/C18H24N2S/c1-3-15-8-10-16(11-9-15)12-17(20-19)13-21-18-7-5-4-6-14(18)2/h4-11,17,20H,3,12-13,19H2,1-2H3. The molecule has 0 amide bonds. The predicted octanol–water partition coefficient (Wildman–Crippen LogP) is 3.72. The van der Waals surface area contributed by atoms with Crippen LogP contribution in [0.3, 0.4) is 0 Å². The van der Waals surface area contributed by atoms with Crippen LogP contribution in [0.1, 0.15) is 23.6 Å². The predicted molar refractivity (Wildman–Crippen MR) is 92.5 cm³/mol. The van der Waals surface area contributed by atoms with Crippen LogP contribution >= 0.6 is 11.8 Å². The molecule has 1 atom stereocenters. The van der Waals surface area contributed by atoms with Crippen LogP contribution in [-0.2, 0) is 12.8 Å². The summed E-state index contributed by atoms with van der Waals surface area (Å²) in [6.45, 7) is 4.33. The second-order valence-corrected chi connectivity index (χ2v) is 6.38. The molecule has 0 aromatic heterocycles. The molecular weight excluding hydrogens is 276 g/mol. The van der Waals surface area contributed by atoms with Gasteiger partial charge in [0.2, 0.25) is 0 Å². The van der Waals surface area contributed by atoms with Crippen molar-refractivity contribution < 1.29 is 0 Å². The van der Waals surface area contributed by atoms with Gasteiger partial charge in [-0.2, -0.15) is 0 Å². The number of nitrogens with one attached hydrogen (secondary N) is 1. The molecule has 3 N–H and O–H groups in total. The first-order valence-corrected chi connectivity index (χ1v) is 8.44. The molecule has 0 radical (unpaired) electrons. The van der Waals surface area contributed by atoms with Gasteiger partial charge in [-0.1, -0.05) is 49.4 Å². The lowest BCUT2D eigenvalue weighted by atomic mass is 10.0. The maximum Gasteiger partial charge on any atom is 0.0344 e. The van der Waals surface area contributed by atoms with E-state index in [4.69, 9.17) is 5.84 Å². The molecule has 0 saturated heterocycles. The van der Waals surface area contributed by atoms with Gasteiger partial charge in [0, 0.05) is 16.7 Å². The Morgan fingerprint density at radius 1 is 1.05 bits per heavy atom. The quantitative estimate of drug-likeness (QED) is 0.465. The van der Waals surface area contributed by atoms with E-state index in [1.165, 1.54) is 21.6 Å². The summed E-state index contributed by atoms with van der Waals surface area (Å²) in [6.07, 6.45) is 2.04. The number of hydrogen-bond donors (Lipinski definition) is 2. The highest BCUT2D eigenvalue weighted by atomic mass is 32.2. The second-order valence-electron chi connectivity index (χ2n) is 5.31. The molecule has 21 heavy (non-hydrogen) atoms. The van der Waals surface area contributed by atoms with Gasteiger partial charge < -0.3 is 0 Å². The fourth-order valence-corrected chi connectivity index (χ4v) is 3.34. The van der Waals surface area contributed by atoms with Crippen molar-refractivity contribution in [3.8, 4) is 0 Å². The van der Waals surface area contributed by atoms with Crippen molar-refractivity contribution in [2.45, 2.75) is 37.6 Å². The highest BCUT2D eigenvalue weighted by Gasteiger charge is 2.09. The van der Waals surface area contributed by atoms with Gasteiger partial charge in [0.25, 0.3) is 0 Å². The molecule has 1 unspecified atom stereocenters. The van der Waals surface area contributed by atoms with E-state index in [1.807, 2.05) is 11.8 Å². The Balaban J connectivity index is 1.92. The molecule has 0 saturated carbocycles. The molecular formula is C18H24N2S. The lowest BCUT2D eigenvalue weighted by Crippen LogP contribution is -2.38. The highest BCUT2D eigenvalue weighted by molar-refractivity contribution is 7.99. The fraction of sp³-hybridized carbons (Fsp3) is 0.333. The van der Waals surface area contributed by atoms with E-state index < -0.39 is 0 Å². The third-order valence-corrected chi connectivity index (χ3v) is 5.02. The van der Waals surface area contributed by atoms with E-state index >= 15 is 0 Å². The Bertz CT molecular complexity index is 551. The first-order valence-electron chi connectivity index (χ1n) is 7.45. The topological polar surface area (TPSA) is 38.0 Å². The summed E-state index contributed by atoms with van der Waals surface area (Å²) in [5.74, 6) is 6.68. The zero-order chi connectivity index (χ0) is 15.1. The molecule has 0 bridgehead atoms. The molecule has 112 valence electrons. The minimum absolute atomic E-state index is 0.280. The number of thioether (sulfide) groups is 1. The summed E-state index contributed by atoms with van der Waals surface area (Å²) in [7, 11) is 0. The maximum atomic E-state index is 5.72. The van der Waals surface area contributed by atoms with E-state index in [1.54, 1.807) is 0 Å². The van der Waals surface area contributed by atoms with Gasteiger partial charge in [-0.15, -0.1) is 11.8 Å². The Kier molecular flexibility index (Phi) is 6.30. The second kappa shape index (κ2) is 8.23. The largest absolute Gasteiger partial charge is 0.271 e. The lowest BCUT2D eigenvalue weighted by Gasteiger charge is -2.16. The van der Waals surface area contributed by atoms with Crippen LogP contribution in [0.15, 0.2) is 53.4 Å². The minimum Gasteiger partial charge on any atom is -0.271 e. The summed E-state index contributed by atoms with van der Waals surface area (Å²) >= 11 is 1.86. The SMILES string of the molecule is CCc1ccc(CC(CSc2ccccc2C)NN)cc1. The zero-order valence-electron chi connectivity index (χ0n) is 12.8. The third kappa shape index (κ3) is 4.88. The number of benzene rings is 2. The molecule has 2 aromatic carbocycles. The van der Waals surface area contributed by atoms with E-state index in [0.29, 0.717) is 0 Å². The molecule has 0 spiro atoms. The van der Waals surface area contributed by atoms with Crippen LogP contribution in [0.5, 0.6) is 0 Å². The van der Waals surface area contributed by atoms with Gasteiger partial charge in [0.1, 0.15) is 0 Å². The Labute approximate surface area is 132 Å². The fourth-order valence-electron chi connectivity index (χ4n) is 2.27. The van der Waals surface area contributed by atoms with Gasteiger partial charge in [0.15, 0.2) is 0 Å². The summed E-state index contributed by atoms with van der Waals surface area (Å²) in [4.78, 5) is 1.33. The Hall–Kier alpha value is -1.29. The van der Waals surface area contributed by atoms with Crippen molar-refractivity contribution in [1.82, 2.24) is 5.43 Å². The normalized spacial score (nSPS) is 12.3. The number of hydrogen-bond acceptors (Lipinski definition) is 3. The van der Waals surface area contributed by atoms with Crippen molar-refractivity contribution in [1.29, 1.82) is 0 Å². The van der Waals surface area contributed by atoms with E-state index in [2.05, 4.69) is 67.8 Å². The minimum atomic E-state index is 0.280. The molecule has 0 heterocycles. The monoisotopic (exact) mass is 300 g/mol. The van der Waals surface area contributed by atoms with Gasteiger partial charge in [-0.25, -0.2) is 0 Å². The van der Waals surface area contributed by atoms with Gasteiger partial charge >= 0.3 is 0 Å². The average molecular weight is 300 g/mol. The van der Waals surface area contributed by atoms with Crippen molar-refractivity contribution >= 4 is 11.8 Å². The Morgan fingerprint density at radius 2 is 1.71 bits per heavy atom. The van der Waals surface area contributed by atoms with Crippen LogP contribution in [0.25, 0.3) is 0 Å². The van der Waals surface area contributed by atoms with Crippen LogP contribution < -0.4 is 11.3 Å². The van der Waals surface area contributed by atoms with Crippen LogP contribution in [0.2, 0.25) is 0 Å². The van der Waals surface area contributed by atoms with E-state index in [0.717, 1.165) is 18.6 Å². The Morgan fingerprint density at radius 3 is 2.33 bits per heavy atom. The number of rotatable bonds is 7. The molecule has 2 nitrogen and oxygen atoms in total. The first-order chi connectivity index (χ1) is 10.2. The molecule has 0 fully saturated rings. The molecule has 2 aromatic rings. The van der Waals surface area contributed by atoms with Crippen LogP contribution in [0.4, 0.5) is 0 Å². The third-order valence-electron chi connectivity index (χ3n) is 3.68. The summed E-state index contributed by atoms with van der Waals surface area (Å²) in [5, 5.41) is 0. The maximum absolute atomic E-state index is 5.72. The van der Waals surface area contributed by atoms with Crippen molar-refractivity contribution in [3.05, 3.63) is 65.2 Å². The lowest BCUT2D eigenvalue weighted by molar-refractivity contribution is 0.575. The number of hydrazine groups is 1. The smallest absolute Gasteiger partial charge is 0.0344 e. The van der Waals surface area contributed by atoms with Gasteiger partial charge in [0.05, 0.1) is 0 Å². The summed E-state index contributed by atoms with van der Waals surface area (Å²) in [6, 6.07) is 17.6. The first kappa shape index (κ1) is 16.1. The van der Waals surface area contributed by atoms with Crippen LogP contribution in [0, 0.1) is 6.92 Å². The zero-order valence-corrected chi connectivity index (χ0v) is 13.6. The summed E-state index contributed by atoms with van der Waals surface area (Å²) in [5.41, 5.74) is 6.99. The molecule has 0 aliphatic carbocycles. The van der Waals surface area contributed by atoms with E-state index in [-0.39, 0.29) is 6.04 Å². The molecule has 0 aliphatic rings. The molecule has 0 aliphatic heterocycles.